The number of likely N-dealkylation sites (tertiary alicyclic amines) is 1. The van der Waals surface area contributed by atoms with Crippen LogP contribution in [0.3, 0.4) is 0 Å². The van der Waals surface area contributed by atoms with Gasteiger partial charge in [-0.2, -0.15) is 0 Å². The molecule has 2 aromatic carbocycles. The zero-order valence-electron chi connectivity index (χ0n) is 14.7. The summed E-state index contributed by atoms with van der Waals surface area (Å²) < 4.78 is 0. The number of fused-ring (bicyclic) bond motifs is 1. The molecule has 1 saturated heterocycles. The first-order chi connectivity index (χ1) is 13.1. The number of nitro groups is 1. The van der Waals surface area contributed by atoms with Crippen LogP contribution in [0.25, 0.3) is 11.0 Å². The molecule has 3 aromatic rings. The molecule has 1 amide bonds. The molecule has 1 N–H and O–H groups in total. The van der Waals surface area contributed by atoms with Crippen molar-refractivity contribution in [1.82, 2.24) is 14.9 Å². The number of thioether (sulfide) groups is 1. The van der Waals surface area contributed by atoms with E-state index in [9.17, 15) is 14.9 Å². The Bertz CT molecular complexity index is 1000. The van der Waals surface area contributed by atoms with Crippen molar-refractivity contribution < 1.29 is 9.72 Å². The third kappa shape index (κ3) is 3.16. The minimum atomic E-state index is -0.441. The number of nitrogens with one attached hydrogen (secondary N) is 1. The summed E-state index contributed by atoms with van der Waals surface area (Å²) in [6.07, 6.45) is 3.47. The summed E-state index contributed by atoms with van der Waals surface area (Å²) in [5, 5.41) is 11.3. The summed E-state index contributed by atoms with van der Waals surface area (Å²) in [6, 6.07) is 12.3. The van der Waals surface area contributed by atoms with Gasteiger partial charge in [-0.05, 0) is 43.4 Å². The number of rotatable bonds is 4. The Balaban J connectivity index is 1.66. The largest absolute Gasteiger partial charge is 0.340 e. The molecule has 1 atom stereocenters. The topological polar surface area (TPSA) is 92.1 Å². The van der Waals surface area contributed by atoms with Crippen LogP contribution in [0.2, 0.25) is 0 Å². The Labute approximate surface area is 159 Å². The lowest BCUT2D eigenvalue weighted by molar-refractivity contribution is -0.387. The highest BCUT2D eigenvalue weighted by molar-refractivity contribution is 7.98. The number of hydrogen-bond donors (Lipinski definition) is 1. The summed E-state index contributed by atoms with van der Waals surface area (Å²) in [5.41, 5.74) is 2.11. The zero-order valence-corrected chi connectivity index (χ0v) is 15.5. The van der Waals surface area contributed by atoms with Gasteiger partial charge in [0.2, 0.25) is 0 Å². The molecule has 0 radical (unpaired) electrons. The van der Waals surface area contributed by atoms with Crippen LogP contribution in [0.1, 0.15) is 35.1 Å². The van der Waals surface area contributed by atoms with Crippen LogP contribution in [0.15, 0.2) is 47.4 Å². The molecule has 1 aromatic heterocycles. The number of nitrogens with zero attached hydrogens (tertiary/aromatic N) is 3. The summed E-state index contributed by atoms with van der Waals surface area (Å²) in [6.45, 7) is 0.610. The number of nitro benzene ring substituents is 1. The molecule has 27 heavy (non-hydrogen) atoms. The summed E-state index contributed by atoms with van der Waals surface area (Å²) in [4.78, 5) is 34.2. The van der Waals surface area contributed by atoms with Gasteiger partial charge in [0.15, 0.2) is 0 Å². The van der Waals surface area contributed by atoms with Crippen LogP contribution >= 0.6 is 11.8 Å². The van der Waals surface area contributed by atoms with Crippen molar-refractivity contribution in [2.24, 2.45) is 0 Å². The van der Waals surface area contributed by atoms with E-state index in [4.69, 9.17) is 0 Å². The molecular weight excluding hydrogens is 364 g/mol. The number of imidazole rings is 1. The molecular formula is C19H18N4O3S. The van der Waals surface area contributed by atoms with E-state index < -0.39 is 4.92 Å². The standard InChI is InChI=1S/C19H18N4O3S/c1-27-17-9-8-12(11-16(17)23(25)26)19(24)22-10-4-7-15(22)18-20-13-5-2-3-6-14(13)21-18/h2-3,5-6,8-9,11,15H,4,7,10H2,1H3,(H,20,21)/t15-/m0/s1. The van der Waals surface area contributed by atoms with Crippen molar-refractivity contribution in [3.8, 4) is 0 Å². The van der Waals surface area contributed by atoms with Crippen LogP contribution in [0, 0.1) is 10.1 Å². The fourth-order valence-electron chi connectivity index (χ4n) is 3.56. The average molecular weight is 382 g/mol. The van der Waals surface area contributed by atoms with E-state index in [-0.39, 0.29) is 17.6 Å². The Hall–Kier alpha value is -2.87. The van der Waals surface area contributed by atoms with E-state index in [1.807, 2.05) is 24.3 Å². The minimum Gasteiger partial charge on any atom is -0.340 e. The fourth-order valence-corrected chi connectivity index (χ4v) is 4.10. The van der Waals surface area contributed by atoms with Gasteiger partial charge in [0.05, 0.1) is 26.9 Å². The number of aromatic nitrogens is 2. The Kier molecular flexibility index (Phi) is 4.57. The molecule has 0 aliphatic carbocycles. The number of benzene rings is 2. The number of carbonyl (C=O) groups excluding carboxylic acids is 1. The van der Waals surface area contributed by atoms with Crippen LogP contribution < -0.4 is 0 Å². The Morgan fingerprint density at radius 2 is 2.15 bits per heavy atom. The van der Waals surface area contributed by atoms with Gasteiger partial charge in [-0.15, -0.1) is 11.8 Å². The lowest BCUT2D eigenvalue weighted by Crippen LogP contribution is -2.31. The van der Waals surface area contributed by atoms with Crippen molar-refractivity contribution in [2.75, 3.05) is 12.8 Å². The summed E-state index contributed by atoms with van der Waals surface area (Å²) in [5.74, 6) is 0.561. The van der Waals surface area contributed by atoms with Crippen LogP contribution in [0.5, 0.6) is 0 Å². The molecule has 7 nitrogen and oxygen atoms in total. The highest BCUT2D eigenvalue weighted by Crippen LogP contribution is 2.34. The van der Waals surface area contributed by atoms with Crippen molar-refractivity contribution in [1.29, 1.82) is 0 Å². The predicted molar refractivity (Wildman–Crippen MR) is 104 cm³/mol. The van der Waals surface area contributed by atoms with E-state index in [2.05, 4.69) is 9.97 Å². The van der Waals surface area contributed by atoms with E-state index in [0.29, 0.717) is 17.0 Å². The number of carbonyl (C=O) groups is 1. The number of hydrogen-bond acceptors (Lipinski definition) is 5. The molecule has 0 spiro atoms. The lowest BCUT2D eigenvalue weighted by Gasteiger charge is -2.23. The second-order valence-corrected chi connectivity index (χ2v) is 7.29. The SMILES string of the molecule is CSc1ccc(C(=O)N2CCC[C@H]2c2nc3ccccc3[nH]2)cc1[N+](=O)[O-]. The number of aromatic amines is 1. The van der Waals surface area contributed by atoms with Gasteiger partial charge < -0.3 is 9.88 Å². The van der Waals surface area contributed by atoms with E-state index in [1.54, 1.807) is 23.3 Å². The molecule has 0 bridgehead atoms. The molecule has 8 heteroatoms. The quantitative estimate of drug-likeness (QED) is 0.415. The van der Waals surface area contributed by atoms with Crippen molar-refractivity contribution in [2.45, 2.75) is 23.8 Å². The fraction of sp³-hybridized carbons (Fsp3) is 0.263. The van der Waals surface area contributed by atoms with E-state index >= 15 is 0 Å². The molecule has 0 unspecified atom stereocenters. The van der Waals surface area contributed by atoms with Gasteiger partial charge in [-0.3, -0.25) is 14.9 Å². The summed E-state index contributed by atoms with van der Waals surface area (Å²) >= 11 is 1.29. The van der Waals surface area contributed by atoms with Gasteiger partial charge in [-0.1, -0.05) is 12.1 Å². The zero-order chi connectivity index (χ0) is 19.0. The second-order valence-electron chi connectivity index (χ2n) is 6.44. The molecule has 2 heterocycles. The number of H-pyrrole nitrogens is 1. The first kappa shape index (κ1) is 17.5. The third-order valence-electron chi connectivity index (χ3n) is 4.86. The monoisotopic (exact) mass is 382 g/mol. The highest BCUT2D eigenvalue weighted by Gasteiger charge is 2.33. The second kappa shape index (κ2) is 7.03. The number of para-hydroxylation sites is 2. The Morgan fingerprint density at radius 3 is 2.89 bits per heavy atom. The van der Waals surface area contributed by atoms with Crippen LogP contribution in [-0.4, -0.2) is 38.5 Å². The smallest absolute Gasteiger partial charge is 0.283 e. The summed E-state index contributed by atoms with van der Waals surface area (Å²) in [7, 11) is 0. The molecule has 4 rings (SSSR count). The maximum absolute atomic E-state index is 13.1. The average Bonchev–Trinajstić information content (AvgIpc) is 3.33. The Morgan fingerprint density at radius 1 is 1.33 bits per heavy atom. The maximum atomic E-state index is 13.1. The van der Waals surface area contributed by atoms with Gasteiger partial charge in [0.25, 0.3) is 11.6 Å². The molecule has 0 saturated carbocycles. The van der Waals surface area contributed by atoms with Crippen molar-refractivity contribution in [3.05, 3.63) is 64.0 Å². The van der Waals surface area contributed by atoms with Crippen LogP contribution in [0.4, 0.5) is 5.69 Å². The van der Waals surface area contributed by atoms with Gasteiger partial charge >= 0.3 is 0 Å². The first-order valence-electron chi connectivity index (χ1n) is 8.66. The van der Waals surface area contributed by atoms with Gasteiger partial charge in [0.1, 0.15) is 5.82 Å². The first-order valence-corrected chi connectivity index (χ1v) is 9.89. The molecule has 1 aliphatic rings. The van der Waals surface area contributed by atoms with Gasteiger partial charge in [0, 0.05) is 18.2 Å². The maximum Gasteiger partial charge on any atom is 0.283 e. The normalized spacial score (nSPS) is 16.8. The molecule has 1 aliphatic heterocycles. The van der Waals surface area contributed by atoms with Crippen LogP contribution in [-0.2, 0) is 0 Å². The van der Waals surface area contributed by atoms with Crippen molar-refractivity contribution >= 4 is 34.4 Å². The highest BCUT2D eigenvalue weighted by atomic mass is 32.2. The van der Waals surface area contributed by atoms with Crippen molar-refractivity contribution in [3.63, 3.8) is 0 Å². The van der Waals surface area contributed by atoms with Gasteiger partial charge in [-0.25, -0.2) is 4.98 Å². The minimum absolute atomic E-state index is 0.0344. The predicted octanol–water partition coefficient (Wildman–Crippen LogP) is 4.17. The van der Waals surface area contributed by atoms with E-state index in [1.165, 1.54) is 17.8 Å². The lowest BCUT2D eigenvalue weighted by atomic mass is 10.1. The van der Waals surface area contributed by atoms with E-state index in [0.717, 1.165) is 29.7 Å². The molecule has 138 valence electrons. The molecule has 1 fully saturated rings. The third-order valence-corrected chi connectivity index (χ3v) is 5.64. The number of amides is 1.